The highest BCUT2D eigenvalue weighted by molar-refractivity contribution is 6.10. The molecule has 86 valence electrons. The molecule has 0 radical (unpaired) electrons. The van der Waals surface area contributed by atoms with Gasteiger partial charge in [0.1, 0.15) is 0 Å². The van der Waals surface area contributed by atoms with Gasteiger partial charge in [0, 0.05) is 29.8 Å². The monoisotopic (exact) mass is 225 g/mol. The molecule has 1 heterocycles. The Morgan fingerprint density at radius 1 is 1.41 bits per heavy atom. The molecule has 17 heavy (non-hydrogen) atoms. The average molecular weight is 225 g/mol. The molecule has 0 N–H and O–H groups in total. The number of aromatic nitrogens is 1. The van der Waals surface area contributed by atoms with Crippen molar-refractivity contribution in [3.8, 4) is 0 Å². The van der Waals surface area contributed by atoms with Crippen molar-refractivity contribution < 1.29 is 4.79 Å². The van der Waals surface area contributed by atoms with Gasteiger partial charge in [0.25, 0.3) is 0 Å². The van der Waals surface area contributed by atoms with Crippen molar-refractivity contribution in [3.05, 3.63) is 47.3 Å². The maximum Gasteiger partial charge on any atom is 0.166 e. The lowest BCUT2D eigenvalue weighted by Gasteiger charge is -2.32. The third kappa shape index (κ3) is 1.64. The molecule has 0 saturated heterocycles. The van der Waals surface area contributed by atoms with E-state index in [-0.39, 0.29) is 5.92 Å². The number of rotatable bonds is 2. The van der Waals surface area contributed by atoms with Crippen molar-refractivity contribution in [1.29, 1.82) is 0 Å². The molecule has 0 aromatic carbocycles. The van der Waals surface area contributed by atoms with E-state index in [1.165, 1.54) is 5.57 Å². The van der Waals surface area contributed by atoms with E-state index in [1.54, 1.807) is 12.4 Å². The standard InChI is InChI=1S/C15H15NO/c1-2-10-7-12-13(8-10)15(17)14(12)9-11-3-5-16-6-4-11/h3-6,8-9,12-13H,2,7H2,1H3/t12-,13+/m1/s1. The van der Waals surface area contributed by atoms with Crippen LogP contribution in [0.1, 0.15) is 25.3 Å². The molecule has 0 spiro atoms. The van der Waals surface area contributed by atoms with Gasteiger partial charge in [0.2, 0.25) is 0 Å². The van der Waals surface area contributed by atoms with Crippen molar-refractivity contribution in [2.45, 2.75) is 19.8 Å². The SMILES string of the molecule is CCC1=C[C@@H]2C(=O)C(=Cc3ccncc3)[C@@H]2C1. The Bertz CT molecular complexity index is 513. The lowest BCUT2D eigenvalue weighted by molar-refractivity contribution is -0.123. The van der Waals surface area contributed by atoms with Crippen LogP contribution in [-0.2, 0) is 4.79 Å². The number of hydrogen-bond acceptors (Lipinski definition) is 2. The van der Waals surface area contributed by atoms with Gasteiger partial charge in [-0.3, -0.25) is 9.78 Å². The summed E-state index contributed by atoms with van der Waals surface area (Å²) < 4.78 is 0. The molecule has 2 aliphatic carbocycles. The van der Waals surface area contributed by atoms with E-state index in [4.69, 9.17) is 0 Å². The van der Waals surface area contributed by atoms with Crippen LogP contribution >= 0.6 is 0 Å². The summed E-state index contributed by atoms with van der Waals surface area (Å²) in [7, 11) is 0. The summed E-state index contributed by atoms with van der Waals surface area (Å²) in [6.07, 6.45) is 9.87. The molecule has 2 aliphatic rings. The molecule has 2 atom stereocenters. The Morgan fingerprint density at radius 2 is 2.18 bits per heavy atom. The lowest BCUT2D eigenvalue weighted by atomic mass is 9.69. The second-order valence-corrected chi connectivity index (χ2v) is 4.76. The molecule has 1 aromatic rings. The predicted octanol–water partition coefficient (Wildman–Crippen LogP) is 3.02. The normalized spacial score (nSPS) is 28.9. The number of Topliss-reactive ketones (excluding diaryl/α,β-unsaturated/α-hetero) is 1. The maximum absolute atomic E-state index is 12.0. The summed E-state index contributed by atoms with van der Waals surface area (Å²) in [5.41, 5.74) is 3.51. The number of carbonyl (C=O) groups is 1. The van der Waals surface area contributed by atoms with E-state index >= 15 is 0 Å². The van der Waals surface area contributed by atoms with Gasteiger partial charge in [-0.2, -0.15) is 0 Å². The van der Waals surface area contributed by atoms with E-state index in [2.05, 4.69) is 18.0 Å². The van der Waals surface area contributed by atoms with Crippen molar-refractivity contribution in [3.63, 3.8) is 0 Å². The van der Waals surface area contributed by atoms with E-state index in [0.717, 1.165) is 24.0 Å². The summed E-state index contributed by atoms with van der Waals surface area (Å²) >= 11 is 0. The van der Waals surface area contributed by atoms with Gasteiger partial charge >= 0.3 is 0 Å². The predicted molar refractivity (Wildman–Crippen MR) is 67.2 cm³/mol. The first-order chi connectivity index (χ1) is 8.29. The summed E-state index contributed by atoms with van der Waals surface area (Å²) in [4.78, 5) is 16.0. The van der Waals surface area contributed by atoms with Gasteiger partial charge in [-0.05, 0) is 36.6 Å². The quantitative estimate of drug-likeness (QED) is 0.572. The second kappa shape index (κ2) is 3.95. The molecular formula is C15H15NO. The van der Waals surface area contributed by atoms with E-state index in [1.807, 2.05) is 18.2 Å². The Kier molecular flexibility index (Phi) is 2.43. The molecule has 0 bridgehead atoms. The molecule has 2 nitrogen and oxygen atoms in total. The third-order valence-corrected chi connectivity index (χ3v) is 3.80. The number of hydrogen-bond donors (Lipinski definition) is 0. The van der Waals surface area contributed by atoms with Gasteiger partial charge < -0.3 is 0 Å². The molecule has 1 fully saturated rings. The average Bonchev–Trinajstić information content (AvgIpc) is 2.77. The van der Waals surface area contributed by atoms with Gasteiger partial charge in [0.05, 0.1) is 0 Å². The Balaban J connectivity index is 1.85. The van der Waals surface area contributed by atoms with Crippen LogP contribution < -0.4 is 0 Å². The van der Waals surface area contributed by atoms with Gasteiger partial charge in [-0.25, -0.2) is 0 Å². The summed E-state index contributed by atoms with van der Waals surface area (Å²) in [5, 5.41) is 0. The van der Waals surface area contributed by atoms with Crippen molar-refractivity contribution in [2.75, 3.05) is 0 Å². The van der Waals surface area contributed by atoms with Crippen molar-refractivity contribution in [2.24, 2.45) is 11.8 Å². The summed E-state index contributed by atoms with van der Waals surface area (Å²) in [6.45, 7) is 2.16. The minimum atomic E-state index is 0.179. The third-order valence-electron chi connectivity index (χ3n) is 3.80. The fraction of sp³-hybridized carbons (Fsp3) is 0.333. The van der Waals surface area contributed by atoms with Crippen LogP contribution in [0.2, 0.25) is 0 Å². The zero-order chi connectivity index (χ0) is 11.8. The van der Waals surface area contributed by atoms with Crippen LogP contribution in [0.5, 0.6) is 0 Å². The minimum absolute atomic E-state index is 0.179. The summed E-state index contributed by atoms with van der Waals surface area (Å²) in [6, 6.07) is 3.88. The topological polar surface area (TPSA) is 30.0 Å². The minimum Gasteiger partial charge on any atom is -0.294 e. The molecule has 0 unspecified atom stereocenters. The molecule has 1 saturated carbocycles. The first-order valence-corrected chi connectivity index (χ1v) is 6.15. The van der Waals surface area contributed by atoms with E-state index < -0.39 is 0 Å². The highest BCUT2D eigenvalue weighted by atomic mass is 16.1. The number of nitrogens with zero attached hydrogens (tertiary/aromatic N) is 1. The number of allylic oxidation sites excluding steroid dienone is 3. The van der Waals surface area contributed by atoms with E-state index in [9.17, 15) is 4.79 Å². The molecule has 1 aromatic heterocycles. The molecular weight excluding hydrogens is 210 g/mol. The van der Waals surface area contributed by atoms with Crippen LogP contribution in [0, 0.1) is 11.8 Å². The summed E-state index contributed by atoms with van der Waals surface area (Å²) in [5.74, 6) is 0.943. The number of ketones is 1. The number of pyridine rings is 1. The fourth-order valence-electron chi connectivity index (χ4n) is 2.77. The maximum atomic E-state index is 12.0. The first kappa shape index (κ1) is 10.5. The fourth-order valence-corrected chi connectivity index (χ4v) is 2.77. The van der Waals surface area contributed by atoms with Crippen LogP contribution in [0.3, 0.4) is 0 Å². The van der Waals surface area contributed by atoms with Crippen LogP contribution in [0.15, 0.2) is 41.7 Å². The molecule has 3 rings (SSSR count). The zero-order valence-corrected chi connectivity index (χ0v) is 9.89. The van der Waals surface area contributed by atoms with Crippen LogP contribution in [-0.4, -0.2) is 10.8 Å². The molecule has 2 heteroatoms. The van der Waals surface area contributed by atoms with E-state index in [0.29, 0.717) is 11.7 Å². The van der Waals surface area contributed by atoms with Crippen LogP contribution in [0.25, 0.3) is 6.08 Å². The largest absolute Gasteiger partial charge is 0.294 e. The Morgan fingerprint density at radius 3 is 2.88 bits per heavy atom. The Hall–Kier alpha value is -1.70. The van der Waals surface area contributed by atoms with Crippen molar-refractivity contribution in [1.82, 2.24) is 4.98 Å². The zero-order valence-electron chi connectivity index (χ0n) is 9.89. The van der Waals surface area contributed by atoms with Crippen LogP contribution in [0.4, 0.5) is 0 Å². The first-order valence-electron chi connectivity index (χ1n) is 6.15. The highest BCUT2D eigenvalue weighted by Crippen LogP contribution is 2.48. The molecule has 0 aliphatic heterocycles. The smallest absolute Gasteiger partial charge is 0.166 e. The van der Waals surface area contributed by atoms with Gasteiger partial charge in [-0.1, -0.05) is 18.6 Å². The van der Waals surface area contributed by atoms with Gasteiger partial charge in [0.15, 0.2) is 5.78 Å². The number of fused-ring (bicyclic) bond motifs is 1. The second-order valence-electron chi connectivity index (χ2n) is 4.76. The molecule has 0 amide bonds. The Labute approximate surface area is 101 Å². The van der Waals surface area contributed by atoms with Gasteiger partial charge in [-0.15, -0.1) is 0 Å². The highest BCUT2D eigenvalue weighted by Gasteiger charge is 2.46. The van der Waals surface area contributed by atoms with Crippen molar-refractivity contribution >= 4 is 11.9 Å². The number of carbonyl (C=O) groups excluding carboxylic acids is 1. The lowest BCUT2D eigenvalue weighted by Crippen LogP contribution is -2.36.